The van der Waals surface area contributed by atoms with Gasteiger partial charge in [0.1, 0.15) is 0 Å². The number of hydrogen-bond acceptors (Lipinski definition) is 4. The molecule has 21 heavy (non-hydrogen) atoms. The van der Waals surface area contributed by atoms with Gasteiger partial charge in [-0.25, -0.2) is 13.1 Å². The van der Waals surface area contributed by atoms with Crippen LogP contribution >= 0.6 is 0 Å². The lowest BCUT2D eigenvalue weighted by molar-refractivity contribution is -0.132. The molecule has 0 saturated heterocycles. The molecule has 7 heteroatoms. The Hall–Kier alpha value is -1.60. The summed E-state index contributed by atoms with van der Waals surface area (Å²) >= 11 is 0. The van der Waals surface area contributed by atoms with Crippen LogP contribution in [0.3, 0.4) is 0 Å². The van der Waals surface area contributed by atoms with Gasteiger partial charge < -0.3 is 10.6 Å². The highest BCUT2D eigenvalue weighted by Gasteiger charge is 2.23. The zero-order chi connectivity index (χ0) is 16.0. The maximum Gasteiger partial charge on any atom is 0.240 e. The standard InChI is InChI=1S/C14H23N3O3S/c1-4-17(5-2)14(18)11(3)16-21(19,20)10-12-7-6-8-13(15)9-12/h6-9,11,16H,4-5,10,15H2,1-3H3. The summed E-state index contributed by atoms with van der Waals surface area (Å²) in [7, 11) is -3.60. The molecule has 0 aliphatic heterocycles. The fourth-order valence-electron chi connectivity index (χ4n) is 2.07. The quantitative estimate of drug-likeness (QED) is 0.733. The Morgan fingerprint density at radius 2 is 1.95 bits per heavy atom. The molecule has 1 atom stereocenters. The molecule has 0 heterocycles. The summed E-state index contributed by atoms with van der Waals surface area (Å²) in [6.07, 6.45) is 0. The van der Waals surface area contributed by atoms with Crippen LogP contribution < -0.4 is 10.5 Å². The highest BCUT2D eigenvalue weighted by molar-refractivity contribution is 7.88. The lowest BCUT2D eigenvalue weighted by Gasteiger charge is -2.23. The van der Waals surface area contributed by atoms with E-state index in [0.29, 0.717) is 24.3 Å². The summed E-state index contributed by atoms with van der Waals surface area (Å²) in [6, 6.07) is 5.90. The maximum absolute atomic E-state index is 12.1. The topological polar surface area (TPSA) is 92.5 Å². The molecule has 3 N–H and O–H groups in total. The van der Waals surface area contributed by atoms with Gasteiger partial charge in [0.15, 0.2) is 0 Å². The smallest absolute Gasteiger partial charge is 0.240 e. The van der Waals surface area contributed by atoms with Gasteiger partial charge in [0.25, 0.3) is 0 Å². The second kappa shape index (κ2) is 7.42. The lowest BCUT2D eigenvalue weighted by atomic mass is 10.2. The third-order valence-electron chi connectivity index (χ3n) is 3.11. The average Bonchev–Trinajstić information content (AvgIpc) is 2.38. The van der Waals surface area contributed by atoms with E-state index in [-0.39, 0.29) is 11.7 Å². The molecule has 0 saturated carbocycles. The van der Waals surface area contributed by atoms with Crippen LogP contribution in [0.2, 0.25) is 0 Å². The Labute approximate surface area is 126 Å². The number of carbonyl (C=O) groups excluding carboxylic acids is 1. The molecule has 118 valence electrons. The molecule has 1 rings (SSSR count). The summed E-state index contributed by atoms with van der Waals surface area (Å²) in [5, 5.41) is 0. The molecule has 0 radical (unpaired) electrons. The zero-order valence-corrected chi connectivity index (χ0v) is 13.5. The highest BCUT2D eigenvalue weighted by atomic mass is 32.2. The van der Waals surface area contributed by atoms with Crippen LogP contribution in [0, 0.1) is 0 Å². The van der Waals surface area contributed by atoms with Crippen LogP contribution in [-0.2, 0) is 20.6 Å². The molecule has 0 bridgehead atoms. The van der Waals surface area contributed by atoms with Crippen LogP contribution in [0.5, 0.6) is 0 Å². The SMILES string of the molecule is CCN(CC)C(=O)C(C)NS(=O)(=O)Cc1cccc(N)c1. The van der Waals surface area contributed by atoms with Crippen molar-refractivity contribution in [3.63, 3.8) is 0 Å². The minimum Gasteiger partial charge on any atom is -0.399 e. The lowest BCUT2D eigenvalue weighted by Crippen LogP contribution is -2.47. The molecule has 0 aliphatic carbocycles. The van der Waals surface area contributed by atoms with E-state index in [1.54, 1.807) is 36.1 Å². The third kappa shape index (κ3) is 5.35. The van der Waals surface area contributed by atoms with Crippen LogP contribution in [0.15, 0.2) is 24.3 Å². The van der Waals surface area contributed by atoms with Crippen molar-refractivity contribution in [2.45, 2.75) is 32.6 Å². The first-order valence-electron chi connectivity index (χ1n) is 6.92. The molecule has 0 spiro atoms. The number of amides is 1. The molecule has 0 aromatic heterocycles. The number of anilines is 1. The number of nitrogens with two attached hydrogens (primary N) is 1. The van der Waals surface area contributed by atoms with Crippen LogP contribution in [0.1, 0.15) is 26.3 Å². The first-order chi connectivity index (χ1) is 9.79. The van der Waals surface area contributed by atoms with Crippen molar-refractivity contribution < 1.29 is 13.2 Å². The summed E-state index contributed by atoms with van der Waals surface area (Å²) < 4.78 is 26.6. The monoisotopic (exact) mass is 313 g/mol. The van der Waals surface area contributed by atoms with Crippen molar-refractivity contribution in [1.82, 2.24) is 9.62 Å². The molecule has 1 unspecified atom stereocenters. The summed E-state index contributed by atoms with van der Waals surface area (Å²) in [5.41, 5.74) is 6.72. The predicted molar refractivity (Wildman–Crippen MR) is 84.0 cm³/mol. The molecule has 1 amide bonds. The van der Waals surface area contributed by atoms with E-state index in [4.69, 9.17) is 5.73 Å². The predicted octanol–water partition coefficient (Wildman–Crippen LogP) is 0.945. The Morgan fingerprint density at radius 1 is 1.33 bits per heavy atom. The number of nitrogen functional groups attached to an aromatic ring is 1. The third-order valence-corrected chi connectivity index (χ3v) is 4.54. The van der Waals surface area contributed by atoms with Crippen LogP contribution in [0.4, 0.5) is 5.69 Å². The van der Waals surface area contributed by atoms with Crippen LogP contribution in [-0.4, -0.2) is 38.4 Å². The first kappa shape index (κ1) is 17.5. The van der Waals surface area contributed by atoms with E-state index < -0.39 is 16.1 Å². The fraction of sp³-hybridized carbons (Fsp3) is 0.500. The number of nitrogens with zero attached hydrogens (tertiary/aromatic N) is 1. The van der Waals surface area contributed by atoms with Gasteiger partial charge in [-0.2, -0.15) is 0 Å². The van der Waals surface area contributed by atoms with Gasteiger partial charge in [-0.1, -0.05) is 12.1 Å². The molecular weight excluding hydrogens is 290 g/mol. The van der Waals surface area contributed by atoms with Crippen LogP contribution in [0.25, 0.3) is 0 Å². The molecule has 6 nitrogen and oxygen atoms in total. The normalized spacial score (nSPS) is 12.9. The average molecular weight is 313 g/mol. The molecule has 0 aliphatic rings. The van der Waals surface area contributed by atoms with Crippen molar-refractivity contribution in [2.75, 3.05) is 18.8 Å². The van der Waals surface area contributed by atoms with Crippen molar-refractivity contribution in [3.05, 3.63) is 29.8 Å². The fourth-order valence-corrected chi connectivity index (χ4v) is 3.41. The van der Waals surface area contributed by atoms with Gasteiger partial charge in [-0.3, -0.25) is 4.79 Å². The number of sulfonamides is 1. The Kier molecular flexibility index (Phi) is 6.17. The molecule has 1 aromatic carbocycles. The molecular formula is C14H23N3O3S. The van der Waals surface area contributed by atoms with E-state index in [1.165, 1.54) is 0 Å². The maximum atomic E-state index is 12.1. The largest absolute Gasteiger partial charge is 0.399 e. The van der Waals surface area contributed by atoms with Crippen molar-refractivity contribution >= 4 is 21.6 Å². The Balaban J connectivity index is 2.74. The molecule has 1 aromatic rings. The van der Waals surface area contributed by atoms with E-state index >= 15 is 0 Å². The number of carbonyl (C=O) groups is 1. The van der Waals surface area contributed by atoms with Gasteiger partial charge in [-0.05, 0) is 38.5 Å². The van der Waals surface area contributed by atoms with Gasteiger partial charge in [0, 0.05) is 18.8 Å². The first-order valence-corrected chi connectivity index (χ1v) is 8.57. The van der Waals surface area contributed by atoms with Gasteiger partial charge in [0.2, 0.25) is 15.9 Å². The van der Waals surface area contributed by atoms with Crippen molar-refractivity contribution in [1.29, 1.82) is 0 Å². The van der Waals surface area contributed by atoms with E-state index in [2.05, 4.69) is 4.72 Å². The van der Waals surface area contributed by atoms with Crippen molar-refractivity contribution in [2.24, 2.45) is 0 Å². The summed E-state index contributed by atoms with van der Waals surface area (Å²) in [5.74, 6) is -0.426. The minimum atomic E-state index is -3.60. The summed E-state index contributed by atoms with van der Waals surface area (Å²) in [4.78, 5) is 13.7. The zero-order valence-electron chi connectivity index (χ0n) is 12.7. The number of nitrogens with one attached hydrogen (secondary N) is 1. The second-order valence-electron chi connectivity index (χ2n) is 4.85. The number of likely N-dealkylation sites (N-methyl/N-ethyl adjacent to an activating group) is 1. The number of rotatable bonds is 7. The van der Waals surface area contributed by atoms with Gasteiger partial charge in [-0.15, -0.1) is 0 Å². The van der Waals surface area contributed by atoms with E-state index in [1.807, 2.05) is 13.8 Å². The van der Waals surface area contributed by atoms with Gasteiger partial charge in [0.05, 0.1) is 11.8 Å². The second-order valence-corrected chi connectivity index (χ2v) is 6.61. The minimum absolute atomic E-state index is 0.200. The molecule has 0 fully saturated rings. The number of benzene rings is 1. The Morgan fingerprint density at radius 3 is 2.48 bits per heavy atom. The van der Waals surface area contributed by atoms with Crippen molar-refractivity contribution in [3.8, 4) is 0 Å². The highest BCUT2D eigenvalue weighted by Crippen LogP contribution is 2.10. The number of hydrogen-bond donors (Lipinski definition) is 2. The Bertz CT molecular complexity index is 583. The van der Waals surface area contributed by atoms with E-state index in [0.717, 1.165) is 0 Å². The van der Waals surface area contributed by atoms with E-state index in [9.17, 15) is 13.2 Å². The van der Waals surface area contributed by atoms with Gasteiger partial charge >= 0.3 is 0 Å². The summed E-state index contributed by atoms with van der Waals surface area (Å²) in [6.45, 7) is 6.37.